The number of rotatable bonds is 4. The van der Waals surface area contributed by atoms with Crippen LogP contribution >= 0.6 is 0 Å². The van der Waals surface area contributed by atoms with Crippen molar-refractivity contribution in [1.29, 1.82) is 0 Å². The third-order valence-electron chi connectivity index (χ3n) is 2.50. The van der Waals surface area contributed by atoms with Crippen LogP contribution in [0.4, 0.5) is 5.82 Å². The minimum absolute atomic E-state index is 0.674. The van der Waals surface area contributed by atoms with Gasteiger partial charge in [-0.15, -0.1) is 0 Å². The predicted molar refractivity (Wildman–Crippen MR) is 68.4 cm³/mol. The highest BCUT2D eigenvalue weighted by Crippen LogP contribution is 2.17. The standard InChI is InChI=1S/C12H17N5/c1-16(2)7-8-17-12(13)9-11(15-17)10-5-3-4-6-14-10/h3-6,9H,7-8,13H2,1-2H3. The van der Waals surface area contributed by atoms with Crippen molar-refractivity contribution in [2.75, 3.05) is 26.4 Å². The van der Waals surface area contributed by atoms with Gasteiger partial charge in [-0.05, 0) is 26.2 Å². The molecule has 0 saturated heterocycles. The van der Waals surface area contributed by atoms with Gasteiger partial charge in [0.1, 0.15) is 11.5 Å². The Morgan fingerprint density at radius 1 is 1.29 bits per heavy atom. The molecule has 2 aromatic rings. The summed E-state index contributed by atoms with van der Waals surface area (Å²) in [6.45, 7) is 1.69. The fourth-order valence-electron chi connectivity index (χ4n) is 1.54. The molecule has 17 heavy (non-hydrogen) atoms. The van der Waals surface area contributed by atoms with Gasteiger partial charge in [-0.1, -0.05) is 6.07 Å². The molecule has 0 fully saturated rings. The number of aromatic nitrogens is 3. The summed E-state index contributed by atoms with van der Waals surface area (Å²) in [5.74, 6) is 0.674. The number of hydrogen-bond donors (Lipinski definition) is 1. The molecule has 0 amide bonds. The number of nitrogens with two attached hydrogens (primary N) is 1. The summed E-state index contributed by atoms with van der Waals surface area (Å²) in [5.41, 5.74) is 7.59. The third kappa shape index (κ3) is 2.82. The minimum Gasteiger partial charge on any atom is -0.384 e. The zero-order valence-corrected chi connectivity index (χ0v) is 10.2. The second-order valence-corrected chi connectivity index (χ2v) is 4.20. The smallest absolute Gasteiger partial charge is 0.122 e. The molecule has 0 atom stereocenters. The molecule has 0 aliphatic carbocycles. The summed E-state index contributed by atoms with van der Waals surface area (Å²) >= 11 is 0. The highest BCUT2D eigenvalue weighted by molar-refractivity contribution is 5.57. The molecular weight excluding hydrogens is 214 g/mol. The van der Waals surface area contributed by atoms with Crippen molar-refractivity contribution in [3.63, 3.8) is 0 Å². The first-order chi connectivity index (χ1) is 8.16. The van der Waals surface area contributed by atoms with E-state index in [0.29, 0.717) is 5.82 Å². The molecule has 0 spiro atoms. The lowest BCUT2D eigenvalue weighted by molar-refractivity contribution is 0.375. The van der Waals surface area contributed by atoms with Gasteiger partial charge in [0.2, 0.25) is 0 Å². The zero-order valence-electron chi connectivity index (χ0n) is 10.2. The molecule has 0 unspecified atom stereocenters. The maximum absolute atomic E-state index is 5.92. The Kier molecular flexibility index (Phi) is 3.39. The lowest BCUT2D eigenvalue weighted by Gasteiger charge is -2.09. The summed E-state index contributed by atoms with van der Waals surface area (Å²) in [7, 11) is 4.05. The largest absolute Gasteiger partial charge is 0.384 e. The maximum Gasteiger partial charge on any atom is 0.122 e. The highest BCUT2D eigenvalue weighted by Gasteiger charge is 2.07. The quantitative estimate of drug-likeness (QED) is 0.855. The van der Waals surface area contributed by atoms with E-state index >= 15 is 0 Å². The molecule has 0 aliphatic rings. The van der Waals surface area contributed by atoms with Crippen LogP contribution in [0, 0.1) is 0 Å². The summed E-state index contributed by atoms with van der Waals surface area (Å²) in [5, 5.41) is 4.45. The van der Waals surface area contributed by atoms with E-state index in [0.717, 1.165) is 24.5 Å². The van der Waals surface area contributed by atoms with E-state index in [2.05, 4.69) is 15.0 Å². The summed E-state index contributed by atoms with van der Waals surface area (Å²) in [6, 6.07) is 7.61. The van der Waals surface area contributed by atoms with Gasteiger partial charge >= 0.3 is 0 Å². The Morgan fingerprint density at radius 2 is 2.12 bits per heavy atom. The first-order valence-electron chi connectivity index (χ1n) is 5.56. The van der Waals surface area contributed by atoms with Gasteiger partial charge in [0, 0.05) is 18.8 Å². The number of nitrogen functional groups attached to an aromatic ring is 1. The maximum atomic E-state index is 5.92. The van der Waals surface area contributed by atoms with Crippen LogP contribution in [0.5, 0.6) is 0 Å². The molecule has 90 valence electrons. The van der Waals surface area contributed by atoms with Gasteiger partial charge in [0.05, 0.1) is 12.2 Å². The topological polar surface area (TPSA) is 60.0 Å². The number of nitrogens with zero attached hydrogens (tertiary/aromatic N) is 4. The molecule has 2 heterocycles. The SMILES string of the molecule is CN(C)CCn1nc(-c2ccccn2)cc1N. The van der Waals surface area contributed by atoms with E-state index in [1.165, 1.54) is 0 Å². The minimum atomic E-state index is 0.674. The molecular formula is C12H17N5. The molecule has 0 bridgehead atoms. The molecule has 2 aromatic heterocycles. The number of anilines is 1. The van der Waals surface area contributed by atoms with Gasteiger partial charge in [-0.2, -0.15) is 5.10 Å². The molecule has 5 heteroatoms. The molecule has 0 saturated carbocycles. The Bertz CT molecular complexity index is 475. The molecule has 0 aliphatic heterocycles. The van der Waals surface area contributed by atoms with Crippen LogP contribution in [0.3, 0.4) is 0 Å². The van der Waals surface area contributed by atoms with Crippen LogP contribution in [0.1, 0.15) is 0 Å². The second-order valence-electron chi connectivity index (χ2n) is 4.20. The van der Waals surface area contributed by atoms with Gasteiger partial charge in [-0.3, -0.25) is 4.98 Å². The van der Waals surface area contributed by atoms with E-state index in [1.807, 2.05) is 43.0 Å². The van der Waals surface area contributed by atoms with Crippen molar-refractivity contribution in [3.8, 4) is 11.4 Å². The van der Waals surface area contributed by atoms with Crippen molar-refractivity contribution in [2.45, 2.75) is 6.54 Å². The molecule has 0 aromatic carbocycles. The van der Waals surface area contributed by atoms with Gasteiger partial charge in [-0.25, -0.2) is 4.68 Å². The van der Waals surface area contributed by atoms with Crippen LogP contribution in [0.25, 0.3) is 11.4 Å². The van der Waals surface area contributed by atoms with Crippen molar-refractivity contribution in [2.24, 2.45) is 0 Å². The van der Waals surface area contributed by atoms with Crippen LogP contribution in [-0.2, 0) is 6.54 Å². The molecule has 0 radical (unpaired) electrons. The number of likely N-dealkylation sites (N-methyl/N-ethyl adjacent to an activating group) is 1. The van der Waals surface area contributed by atoms with Crippen LogP contribution in [-0.4, -0.2) is 40.3 Å². The van der Waals surface area contributed by atoms with E-state index in [1.54, 1.807) is 6.20 Å². The van der Waals surface area contributed by atoms with Gasteiger partial charge in [0.25, 0.3) is 0 Å². The Morgan fingerprint density at radius 3 is 2.76 bits per heavy atom. The summed E-state index contributed by atoms with van der Waals surface area (Å²) < 4.78 is 1.81. The summed E-state index contributed by atoms with van der Waals surface area (Å²) in [4.78, 5) is 6.36. The fourth-order valence-corrected chi connectivity index (χ4v) is 1.54. The van der Waals surface area contributed by atoms with Gasteiger partial charge < -0.3 is 10.6 Å². The average Bonchev–Trinajstić information content (AvgIpc) is 2.69. The average molecular weight is 231 g/mol. The van der Waals surface area contributed by atoms with Crippen LogP contribution in [0.2, 0.25) is 0 Å². The number of pyridine rings is 1. The summed E-state index contributed by atoms with van der Waals surface area (Å²) in [6.07, 6.45) is 1.75. The Hall–Kier alpha value is -1.88. The lowest BCUT2D eigenvalue weighted by atomic mass is 10.3. The molecule has 5 nitrogen and oxygen atoms in total. The molecule has 2 rings (SSSR count). The zero-order chi connectivity index (χ0) is 12.3. The van der Waals surface area contributed by atoms with Crippen molar-refractivity contribution in [3.05, 3.63) is 30.5 Å². The fraction of sp³-hybridized carbons (Fsp3) is 0.333. The highest BCUT2D eigenvalue weighted by atomic mass is 15.3. The monoisotopic (exact) mass is 231 g/mol. The second kappa shape index (κ2) is 4.97. The predicted octanol–water partition coefficient (Wildman–Crippen LogP) is 1.09. The van der Waals surface area contributed by atoms with Crippen molar-refractivity contribution < 1.29 is 0 Å². The Labute approximate surface area is 101 Å². The van der Waals surface area contributed by atoms with Crippen LogP contribution in [0.15, 0.2) is 30.5 Å². The first kappa shape index (κ1) is 11.6. The van der Waals surface area contributed by atoms with Crippen molar-refractivity contribution in [1.82, 2.24) is 19.7 Å². The van der Waals surface area contributed by atoms with E-state index in [9.17, 15) is 0 Å². The van der Waals surface area contributed by atoms with E-state index in [4.69, 9.17) is 5.73 Å². The Balaban J connectivity index is 2.19. The normalized spacial score (nSPS) is 11.0. The lowest BCUT2D eigenvalue weighted by Crippen LogP contribution is -2.19. The van der Waals surface area contributed by atoms with E-state index in [-0.39, 0.29) is 0 Å². The first-order valence-corrected chi connectivity index (χ1v) is 5.56. The number of hydrogen-bond acceptors (Lipinski definition) is 4. The third-order valence-corrected chi connectivity index (χ3v) is 2.50. The molecule has 2 N–H and O–H groups in total. The van der Waals surface area contributed by atoms with Crippen LogP contribution < -0.4 is 5.73 Å². The van der Waals surface area contributed by atoms with Crippen molar-refractivity contribution >= 4 is 5.82 Å². The van der Waals surface area contributed by atoms with E-state index < -0.39 is 0 Å². The van der Waals surface area contributed by atoms with Gasteiger partial charge in [0.15, 0.2) is 0 Å².